The average molecular weight is 412 g/mol. The predicted molar refractivity (Wildman–Crippen MR) is 111 cm³/mol. The molecular formula is C21H27Cl2NTi. The smallest absolute Gasteiger partial charge is 0.147 e. The van der Waals surface area contributed by atoms with E-state index >= 15 is 0 Å². The molecule has 0 fully saturated rings. The predicted octanol–water partition coefficient (Wildman–Crippen LogP) is 6.30. The first kappa shape index (κ1) is 22.5. The molecule has 0 aliphatic heterocycles. The van der Waals surface area contributed by atoms with Crippen LogP contribution in [0.3, 0.4) is 0 Å². The molecule has 0 unspecified atom stereocenters. The van der Waals surface area contributed by atoms with E-state index in [0.717, 1.165) is 6.42 Å². The summed E-state index contributed by atoms with van der Waals surface area (Å²) < 4.78 is 4.94. The maximum atomic E-state index is 3.75. The molecule has 2 aromatic rings. The van der Waals surface area contributed by atoms with Crippen molar-refractivity contribution in [2.45, 2.75) is 44.4 Å². The Bertz CT molecular complexity index is 788. The molecule has 1 N–H and O–H groups in total. The molecule has 3 rings (SSSR count). The molecule has 0 saturated carbocycles. The van der Waals surface area contributed by atoms with Crippen LogP contribution in [0.4, 0.5) is 0 Å². The third kappa shape index (κ3) is 5.71. The molecule has 0 saturated heterocycles. The standard InChI is InChI=1S/C17H15.C4H10N.2ClH.Ti/c1-12-7-8-15(11-12)17-10-9-14-5-3-4-6-16(14)13(17)2;1-4(2,3)5;;;/h3-7,9-11H,2,8H2,1H3;5H,1-3H3;2*1H;/q;-1;;;+1. The zero-order valence-corrected chi connectivity index (χ0v) is 18.5. The van der Waals surface area contributed by atoms with Crippen LogP contribution in [0.15, 0.2) is 54.1 Å². The normalized spacial score (nSPS) is 13.6. The Morgan fingerprint density at radius 1 is 1.04 bits per heavy atom. The minimum atomic E-state index is -0.201. The van der Waals surface area contributed by atoms with Crippen molar-refractivity contribution in [3.63, 3.8) is 0 Å². The first-order valence-electron chi connectivity index (χ1n) is 8.32. The molecule has 1 aliphatic carbocycles. The minimum Gasteiger partial charge on any atom is -0.147 e. The van der Waals surface area contributed by atoms with E-state index in [2.05, 4.69) is 80.0 Å². The summed E-state index contributed by atoms with van der Waals surface area (Å²) in [7, 11) is 0. The van der Waals surface area contributed by atoms with Gasteiger partial charge < -0.3 is 0 Å². The van der Waals surface area contributed by atoms with Crippen LogP contribution in [0, 0.1) is 0 Å². The van der Waals surface area contributed by atoms with Gasteiger partial charge in [-0.25, -0.2) is 0 Å². The van der Waals surface area contributed by atoms with Crippen molar-refractivity contribution < 1.29 is 19.4 Å². The van der Waals surface area contributed by atoms with Crippen LogP contribution in [0.25, 0.3) is 16.3 Å². The van der Waals surface area contributed by atoms with Gasteiger partial charge in [0.15, 0.2) is 0 Å². The summed E-state index contributed by atoms with van der Waals surface area (Å²) >= 11 is -0.201. The second-order valence-electron chi connectivity index (χ2n) is 7.36. The van der Waals surface area contributed by atoms with Crippen molar-refractivity contribution >= 4 is 41.2 Å². The Morgan fingerprint density at radius 2 is 1.76 bits per heavy atom. The largest absolute Gasteiger partial charge is 0.147 e. The summed E-state index contributed by atoms with van der Waals surface area (Å²) in [5.41, 5.74) is 6.08. The number of fused-ring (bicyclic) bond motifs is 1. The van der Waals surface area contributed by atoms with E-state index in [1.165, 1.54) is 37.8 Å². The zero-order valence-electron chi connectivity index (χ0n) is 15.3. The van der Waals surface area contributed by atoms with E-state index in [4.69, 9.17) is 0 Å². The molecule has 0 bridgehead atoms. The van der Waals surface area contributed by atoms with Crippen molar-refractivity contribution in [3.8, 4) is 0 Å². The van der Waals surface area contributed by atoms with Crippen LogP contribution in [0.2, 0.25) is 0 Å². The van der Waals surface area contributed by atoms with Crippen molar-refractivity contribution in [3.05, 3.63) is 65.3 Å². The van der Waals surface area contributed by atoms with Crippen molar-refractivity contribution in [1.82, 2.24) is 3.80 Å². The molecular weight excluding hydrogens is 385 g/mol. The van der Waals surface area contributed by atoms with Gasteiger partial charge >= 0.3 is 149 Å². The SMILES string of the molecule is CC1=CCC(c2ccc3ccccc3c2[CH2][Ti][NH]C(C)(C)C)=C1.Cl.Cl. The fourth-order valence-corrected chi connectivity index (χ4v) is 4.91. The van der Waals surface area contributed by atoms with Gasteiger partial charge in [-0.05, 0) is 0 Å². The summed E-state index contributed by atoms with van der Waals surface area (Å²) in [6.07, 6.45) is 5.76. The molecule has 0 heterocycles. The van der Waals surface area contributed by atoms with Crippen LogP contribution in [0.5, 0.6) is 0 Å². The number of halogens is 2. The van der Waals surface area contributed by atoms with Gasteiger partial charge in [0.25, 0.3) is 0 Å². The first-order chi connectivity index (χ1) is 10.9. The maximum absolute atomic E-state index is 3.75. The second-order valence-corrected chi connectivity index (χ2v) is 8.86. The Hall–Kier alpha value is -0.566. The minimum absolute atomic E-state index is 0. The summed E-state index contributed by atoms with van der Waals surface area (Å²) in [5.74, 6) is 0. The van der Waals surface area contributed by atoms with Crippen molar-refractivity contribution in [2.75, 3.05) is 0 Å². The van der Waals surface area contributed by atoms with Gasteiger partial charge in [-0.1, -0.05) is 0 Å². The van der Waals surface area contributed by atoms with Gasteiger partial charge in [0.1, 0.15) is 0 Å². The first-order valence-corrected chi connectivity index (χ1v) is 10.2. The summed E-state index contributed by atoms with van der Waals surface area (Å²) in [4.78, 5) is 0. The topological polar surface area (TPSA) is 12.0 Å². The summed E-state index contributed by atoms with van der Waals surface area (Å²) in [6.45, 7) is 8.97. The molecule has 1 nitrogen and oxygen atoms in total. The number of rotatable bonds is 4. The van der Waals surface area contributed by atoms with E-state index in [0.29, 0.717) is 0 Å². The molecule has 0 atom stereocenters. The van der Waals surface area contributed by atoms with Crippen LogP contribution >= 0.6 is 24.8 Å². The van der Waals surface area contributed by atoms with Gasteiger partial charge in [-0.15, -0.1) is 24.8 Å². The van der Waals surface area contributed by atoms with E-state index in [1.807, 2.05) is 0 Å². The fourth-order valence-electron chi connectivity index (χ4n) is 3.08. The van der Waals surface area contributed by atoms with Crippen molar-refractivity contribution in [2.24, 2.45) is 0 Å². The Labute approximate surface area is 173 Å². The third-order valence-corrected chi connectivity index (χ3v) is 6.44. The number of benzene rings is 2. The van der Waals surface area contributed by atoms with E-state index in [1.54, 1.807) is 0 Å². The van der Waals surface area contributed by atoms with E-state index in [9.17, 15) is 0 Å². The summed E-state index contributed by atoms with van der Waals surface area (Å²) in [5, 5.41) is 2.78. The fraction of sp³-hybridized carbons (Fsp3) is 0.333. The molecule has 1 aliphatic rings. The molecule has 25 heavy (non-hydrogen) atoms. The zero-order chi connectivity index (χ0) is 16.4. The van der Waals surface area contributed by atoms with Crippen LogP contribution in [-0.2, 0) is 24.1 Å². The monoisotopic (exact) mass is 411 g/mol. The molecule has 0 aromatic heterocycles. The molecule has 0 radical (unpaired) electrons. The maximum Gasteiger partial charge on any atom is -0.147 e. The van der Waals surface area contributed by atoms with Crippen molar-refractivity contribution in [1.29, 1.82) is 0 Å². The number of hydrogen-bond donors (Lipinski definition) is 1. The van der Waals surface area contributed by atoms with Crippen LogP contribution in [-0.4, -0.2) is 5.54 Å². The number of hydrogen-bond acceptors (Lipinski definition) is 1. The van der Waals surface area contributed by atoms with Gasteiger partial charge in [0.2, 0.25) is 0 Å². The molecule has 2 aromatic carbocycles. The third-order valence-electron chi connectivity index (χ3n) is 4.16. The van der Waals surface area contributed by atoms with Gasteiger partial charge in [0, 0.05) is 0 Å². The quantitative estimate of drug-likeness (QED) is 0.581. The van der Waals surface area contributed by atoms with Gasteiger partial charge in [-0.3, -0.25) is 0 Å². The Morgan fingerprint density at radius 3 is 2.40 bits per heavy atom. The second kappa shape index (κ2) is 9.39. The van der Waals surface area contributed by atoms with E-state index in [-0.39, 0.29) is 49.8 Å². The molecule has 4 heteroatoms. The Balaban J connectivity index is 0.00000156. The average Bonchev–Trinajstić information content (AvgIpc) is 2.92. The number of nitrogens with one attached hydrogen (secondary N) is 1. The van der Waals surface area contributed by atoms with E-state index < -0.39 is 0 Å². The van der Waals surface area contributed by atoms with Gasteiger partial charge in [0.05, 0.1) is 0 Å². The molecule has 0 amide bonds. The van der Waals surface area contributed by atoms with Crippen LogP contribution in [0.1, 0.15) is 45.2 Å². The van der Waals surface area contributed by atoms with Crippen LogP contribution < -0.4 is 3.80 Å². The molecule has 134 valence electrons. The molecule has 0 spiro atoms. The van der Waals surface area contributed by atoms with Gasteiger partial charge in [-0.2, -0.15) is 0 Å². The number of allylic oxidation sites excluding steroid dienone is 4. The Kier molecular flexibility index (Phi) is 8.44. The summed E-state index contributed by atoms with van der Waals surface area (Å²) in [6, 6.07) is 13.4.